The third-order valence-corrected chi connectivity index (χ3v) is 13.0. The fourth-order valence-corrected chi connectivity index (χ4v) is 9.51. The van der Waals surface area contributed by atoms with E-state index in [1.807, 2.05) is 4.57 Å². The summed E-state index contributed by atoms with van der Waals surface area (Å²) >= 11 is 0. The van der Waals surface area contributed by atoms with Crippen LogP contribution in [0.5, 0.6) is 0 Å². The van der Waals surface area contributed by atoms with Crippen molar-refractivity contribution >= 4 is 50.1 Å². The molecule has 0 unspecified atom stereocenters. The summed E-state index contributed by atoms with van der Waals surface area (Å²) < 4.78 is 33.8. The van der Waals surface area contributed by atoms with Gasteiger partial charge < -0.3 is 19.9 Å². The number of carboxylic acid groups (broad SMARTS) is 1. The molecule has 0 spiro atoms. The number of benzene rings is 3. The molecule has 3 aromatic carbocycles. The zero-order valence-corrected chi connectivity index (χ0v) is 29.1. The summed E-state index contributed by atoms with van der Waals surface area (Å²) in [5.41, 5.74) is 0.818. The molecule has 2 amide bonds. The zero-order chi connectivity index (χ0) is 35.9. The van der Waals surface area contributed by atoms with Gasteiger partial charge in [-0.2, -0.15) is 0 Å². The van der Waals surface area contributed by atoms with Crippen molar-refractivity contribution in [3.05, 3.63) is 97.6 Å². The minimum Gasteiger partial charge on any atom is -0.465 e. The Hall–Kier alpha value is -5.12. The Kier molecular flexibility index (Phi) is 9.48. The zero-order valence-electron chi connectivity index (χ0n) is 27.7. The molecule has 3 atom stereocenters. The molecule has 0 bridgehead atoms. The second kappa shape index (κ2) is 13.6. The molecule has 264 valence electrons. The highest BCUT2D eigenvalue weighted by molar-refractivity contribution is 6.42. The minimum absolute atomic E-state index is 0.0435. The molecule has 0 saturated carbocycles. The normalized spacial score (nSPS) is 22.2. The topological polar surface area (TPSA) is 162 Å². The van der Waals surface area contributed by atoms with Crippen molar-refractivity contribution < 1.29 is 33.3 Å². The van der Waals surface area contributed by atoms with Crippen LogP contribution in [-0.4, -0.2) is 60.7 Å². The van der Waals surface area contributed by atoms with Crippen molar-refractivity contribution in [2.45, 2.75) is 70.1 Å². The van der Waals surface area contributed by atoms with Gasteiger partial charge in [0.1, 0.15) is 27.1 Å². The molecule has 3 saturated heterocycles. The number of nitrogens with zero attached hydrogens (tertiary/aromatic N) is 5. The fraction of sp³-hybridized carbons (Fsp3) is 0.412. The number of hydrogen-bond acceptors (Lipinski definition) is 8. The van der Waals surface area contributed by atoms with Gasteiger partial charge in [-0.1, -0.05) is 32.0 Å². The molecular formula is C34H38F2N6O7Si. The van der Waals surface area contributed by atoms with Crippen LogP contribution < -0.4 is 14.8 Å². The van der Waals surface area contributed by atoms with Crippen LogP contribution in [0.15, 0.2) is 54.6 Å². The lowest BCUT2D eigenvalue weighted by atomic mass is 9.91. The van der Waals surface area contributed by atoms with Gasteiger partial charge in [-0.15, -0.1) is 0 Å². The van der Waals surface area contributed by atoms with Crippen LogP contribution in [-0.2, 0) is 4.79 Å². The largest absolute Gasteiger partial charge is 0.465 e. The average molecular weight is 709 g/mol. The van der Waals surface area contributed by atoms with Crippen molar-refractivity contribution in [3.8, 4) is 0 Å². The molecule has 0 radical (unpaired) electrons. The van der Waals surface area contributed by atoms with Gasteiger partial charge in [-0.3, -0.25) is 29.9 Å². The lowest BCUT2D eigenvalue weighted by molar-refractivity contribution is -0.384. The quantitative estimate of drug-likeness (QED) is 0.148. The van der Waals surface area contributed by atoms with E-state index in [1.165, 1.54) is 36.4 Å². The number of carbonyl (C=O) groups excluding carboxylic acids is 1. The Labute approximate surface area is 289 Å². The molecule has 3 aromatic rings. The second-order valence-electron chi connectivity index (χ2n) is 13.9. The summed E-state index contributed by atoms with van der Waals surface area (Å²) in [4.78, 5) is 49.9. The standard InChI is InChI=1S/C34H38F2N6O7Si/c1-34(2)13-15-39(50-19-34)31-24(35)17-23(18-25(31)36)40-27(20-5-8-22(9-6-20)41(46)47)11-12-28(40)21-7-10-26(30(16-21)42(48)49)37-32(43)29-4-3-14-38(29)33(44)45/h5-10,16-18,27-29H,3-4,11-15,19,50H2,1-2H3,(H,37,43)(H,44,45)/t27-,28-,29-/m0/s1. The molecule has 3 fully saturated rings. The highest BCUT2D eigenvalue weighted by Gasteiger charge is 2.39. The van der Waals surface area contributed by atoms with Crippen molar-refractivity contribution in [1.29, 1.82) is 0 Å². The summed E-state index contributed by atoms with van der Waals surface area (Å²) in [5.74, 6) is -2.08. The molecule has 16 heteroatoms. The molecule has 3 heterocycles. The summed E-state index contributed by atoms with van der Waals surface area (Å²) in [6.07, 6.45) is 1.23. The van der Waals surface area contributed by atoms with Gasteiger partial charge in [0, 0.05) is 37.0 Å². The number of hydrogen-bond donors (Lipinski definition) is 2. The Bertz CT molecular complexity index is 1810. The molecule has 3 aliphatic heterocycles. The predicted molar refractivity (Wildman–Crippen MR) is 185 cm³/mol. The van der Waals surface area contributed by atoms with Crippen LogP contribution in [0.1, 0.15) is 69.2 Å². The highest BCUT2D eigenvalue weighted by atomic mass is 28.2. The van der Waals surface area contributed by atoms with Gasteiger partial charge in [-0.25, -0.2) is 13.6 Å². The number of halogens is 2. The molecule has 3 aliphatic rings. The van der Waals surface area contributed by atoms with Gasteiger partial charge >= 0.3 is 6.09 Å². The van der Waals surface area contributed by atoms with E-state index in [2.05, 4.69) is 19.2 Å². The van der Waals surface area contributed by atoms with E-state index in [9.17, 15) is 34.9 Å². The molecule has 0 aliphatic carbocycles. The van der Waals surface area contributed by atoms with E-state index < -0.39 is 67.0 Å². The summed E-state index contributed by atoms with van der Waals surface area (Å²) in [6.45, 7) is 5.06. The Balaban J connectivity index is 1.36. The molecule has 2 N–H and O–H groups in total. The predicted octanol–water partition coefficient (Wildman–Crippen LogP) is 6.68. The van der Waals surface area contributed by atoms with Crippen molar-refractivity contribution in [3.63, 3.8) is 0 Å². The molecular weight excluding hydrogens is 670 g/mol. The Morgan fingerprint density at radius 1 is 0.920 bits per heavy atom. The first-order valence-corrected chi connectivity index (χ1v) is 18.2. The number of nitrogens with one attached hydrogen (secondary N) is 1. The maximum Gasteiger partial charge on any atom is 0.407 e. The lowest BCUT2D eigenvalue weighted by Gasteiger charge is -2.39. The minimum atomic E-state index is -1.25. The van der Waals surface area contributed by atoms with E-state index in [4.69, 9.17) is 0 Å². The molecule has 50 heavy (non-hydrogen) atoms. The smallest absolute Gasteiger partial charge is 0.407 e. The highest BCUT2D eigenvalue weighted by Crippen LogP contribution is 2.49. The van der Waals surface area contributed by atoms with Crippen LogP contribution in [0.25, 0.3) is 0 Å². The van der Waals surface area contributed by atoms with Gasteiger partial charge in [-0.05, 0) is 72.9 Å². The van der Waals surface area contributed by atoms with E-state index in [1.54, 1.807) is 23.1 Å². The Morgan fingerprint density at radius 2 is 1.56 bits per heavy atom. The van der Waals surface area contributed by atoms with Gasteiger partial charge in [0.2, 0.25) is 5.91 Å². The first kappa shape index (κ1) is 34.7. The van der Waals surface area contributed by atoms with E-state index >= 15 is 8.78 Å². The van der Waals surface area contributed by atoms with Crippen molar-refractivity contribution in [2.75, 3.05) is 27.9 Å². The number of nitro groups is 2. The maximum atomic E-state index is 16.0. The van der Waals surface area contributed by atoms with Crippen molar-refractivity contribution in [1.82, 2.24) is 4.90 Å². The molecule has 6 rings (SSSR count). The lowest BCUT2D eigenvalue weighted by Crippen LogP contribution is -2.42. The SMILES string of the molecule is CC1(C)CCN(c2c(F)cc(N3[C@H](c4ccc([N+](=O)[O-])cc4)CC[C@H]3c3ccc(NC(=O)[C@@H]4CCCN4C(=O)O)c([N+](=O)[O-])c3)cc2F)[SiH2]C1. The number of amides is 2. The third-order valence-electron chi connectivity index (χ3n) is 10.3. The number of nitro benzene ring substituents is 2. The average Bonchev–Trinajstić information content (AvgIpc) is 3.74. The van der Waals surface area contributed by atoms with E-state index in [0.29, 0.717) is 36.9 Å². The first-order chi connectivity index (χ1) is 23.7. The maximum absolute atomic E-state index is 16.0. The van der Waals surface area contributed by atoms with Gasteiger partial charge in [0.05, 0.1) is 21.9 Å². The van der Waals surface area contributed by atoms with Gasteiger partial charge in [0.15, 0.2) is 11.6 Å². The van der Waals surface area contributed by atoms with Crippen LogP contribution in [0.3, 0.4) is 0 Å². The number of carbonyl (C=O) groups is 2. The number of anilines is 3. The van der Waals surface area contributed by atoms with E-state index in [0.717, 1.165) is 17.4 Å². The first-order valence-electron chi connectivity index (χ1n) is 16.6. The monoisotopic (exact) mass is 708 g/mol. The fourth-order valence-electron chi connectivity index (χ4n) is 7.48. The molecule has 13 nitrogen and oxygen atoms in total. The van der Waals surface area contributed by atoms with Crippen LogP contribution in [0.4, 0.5) is 42.0 Å². The Morgan fingerprint density at radius 3 is 2.14 bits per heavy atom. The molecule has 0 aromatic heterocycles. The van der Waals surface area contributed by atoms with Crippen LogP contribution >= 0.6 is 0 Å². The van der Waals surface area contributed by atoms with Crippen molar-refractivity contribution in [2.24, 2.45) is 5.41 Å². The number of likely N-dealkylation sites (tertiary alicyclic amines) is 1. The van der Waals surface area contributed by atoms with Crippen LogP contribution in [0.2, 0.25) is 6.04 Å². The van der Waals surface area contributed by atoms with Crippen LogP contribution in [0, 0.1) is 37.3 Å². The summed E-state index contributed by atoms with van der Waals surface area (Å²) in [7, 11) is -0.945. The van der Waals surface area contributed by atoms with E-state index in [-0.39, 0.29) is 41.1 Å². The van der Waals surface area contributed by atoms with Gasteiger partial charge in [0.25, 0.3) is 11.4 Å². The summed E-state index contributed by atoms with van der Waals surface area (Å²) in [5, 5.41) is 35.6. The number of non-ortho nitro benzene ring substituents is 1. The number of rotatable bonds is 8. The second-order valence-corrected chi connectivity index (χ2v) is 15.6. The summed E-state index contributed by atoms with van der Waals surface area (Å²) in [6, 6.07) is 11.7. The third kappa shape index (κ3) is 6.84.